The molecule has 1 aliphatic rings. The Labute approximate surface area is 167 Å². The van der Waals surface area contributed by atoms with Gasteiger partial charge in [-0.3, -0.25) is 9.59 Å². The average molecular weight is 373 g/mol. The smallest absolute Gasteiger partial charge is 0.185 e. The molecule has 0 amide bonds. The first-order valence-electron chi connectivity index (χ1n) is 11.0. The maximum atomic E-state index is 12.4. The maximum Gasteiger partial charge on any atom is 0.185 e. The summed E-state index contributed by atoms with van der Waals surface area (Å²) in [6.45, 7) is 9.70. The molecule has 0 atom stereocenters. The first kappa shape index (κ1) is 23.6. The van der Waals surface area contributed by atoms with Crippen LogP contribution in [0.2, 0.25) is 0 Å². The second-order valence-electron chi connectivity index (χ2n) is 8.18. The third-order valence-electron chi connectivity index (χ3n) is 6.05. The van der Waals surface area contributed by atoms with Crippen molar-refractivity contribution in [2.24, 2.45) is 0 Å². The molecule has 152 valence electrons. The Balaban J connectivity index is 2.07. The third-order valence-corrected chi connectivity index (χ3v) is 6.05. The number of unbranched alkanes of at least 4 members (excludes halogenated alkanes) is 9. The fourth-order valence-electron chi connectivity index (χ4n) is 3.72. The van der Waals surface area contributed by atoms with Gasteiger partial charge < -0.3 is 0 Å². The third kappa shape index (κ3) is 7.99. The van der Waals surface area contributed by atoms with Gasteiger partial charge in [0.15, 0.2) is 11.6 Å². The van der Waals surface area contributed by atoms with Gasteiger partial charge in [-0.2, -0.15) is 0 Å². The Kier molecular flexibility index (Phi) is 11.2. The van der Waals surface area contributed by atoms with Gasteiger partial charge in [0.25, 0.3) is 0 Å². The second kappa shape index (κ2) is 12.9. The number of hydrogen-bond donors (Lipinski definition) is 0. The summed E-state index contributed by atoms with van der Waals surface area (Å²) in [5.74, 6) is 0.150. The predicted octanol–water partition coefficient (Wildman–Crippen LogP) is 7.44. The van der Waals surface area contributed by atoms with E-state index in [1.807, 2.05) is 6.92 Å². The molecule has 0 saturated carbocycles. The quantitative estimate of drug-likeness (QED) is 0.191. The van der Waals surface area contributed by atoms with Gasteiger partial charge in [-0.25, -0.2) is 0 Å². The van der Waals surface area contributed by atoms with E-state index in [4.69, 9.17) is 0 Å². The van der Waals surface area contributed by atoms with Crippen molar-refractivity contribution in [2.45, 2.75) is 112 Å². The molecular formula is C25H40O2. The molecule has 0 aliphatic heterocycles. The fraction of sp³-hybridized carbons (Fsp3) is 0.680. The van der Waals surface area contributed by atoms with Crippen LogP contribution in [0.15, 0.2) is 33.9 Å². The van der Waals surface area contributed by atoms with Gasteiger partial charge in [-0.1, -0.05) is 63.0 Å². The minimum atomic E-state index is 0.0583. The molecule has 0 saturated heterocycles. The molecule has 2 heteroatoms. The summed E-state index contributed by atoms with van der Waals surface area (Å²) in [4.78, 5) is 24.6. The molecule has 2 nitrogen and oxygen atoms in total. The van der Waals surface area contributed by atoms with Crippen molar-refractivity contribution in [1.29, 1.82) is 0 Å². The average Bonchev–Trinajstić information content (AvgIpc) is 2.67. The Bertz CT molecular complexity index is 602. The number of rotatable bonds is 13. The lowest BCUT2D eigenvalue weighted by Gasteiger charge is -2.18. The zero-order valence-corrected chi connectivity index (χ0v) is 18.4. The Morgan fingerprint density at radius 1 is 0.667 bits per heavy atom. The molecule has 0 unspecified atom stereocenters. The topological polar surface area (TPSA) is 34.1 Å². The van der Waals surface area contributed by atoms with E-state index in [-0.39, 0.29) is 11.6 Å². The van der Waals surface area contributed by atoms with E-state index in [0.717, 1.165) is 24.8 Å². The van der Waals surface area contributed by atoms with Crippen molar-refractivity contribution in [1.82, 2.24) is 0 Å². The number of carbonyl (C=O) groups is 2. The highest BCUT2D eigenvalue weighted by molar-refractivity contribution is 6.24. The van der Waals surface area contributed by atoms with Crippen molar-refractivity contribution < 1.29 is 9.59 Å². The van der Waals surface area contributed by atoms with Gasteiger partial charge in [0.1, 0.15) is 0 Å². The van der Waals surface area contributed by atoms with Crippen LogP contribution in [0.5, 0.6) is 0 Å². The standard InChI is InChI=1S/C25H40O2/c1-6-19(2)17-15-13-11-9-7-8-10-12-14-16-18-23-22(5)24(26)20(3)21(4)25(23)27/h6H,7-18H2,1-5H3/b19-6+. The van der Waals surface area contributed by atoms with E-state index in [2.05, 4.69) is 19.9 Å². The second-order valence-corrected chi connectivity index (χ2v) is 8.18. The van der Waals surface area contributed by atoms with Gasteiger partial charge >= 0.3 is 0 Å². The highest BCUT2D eigenvalue weighted by Crippen LogP contribution is 2.27. The lowest BCUT2D eigenvalue weighted by atomic mass is 9.84. The number of allylic oxidation sites excluding steroid dienone is 6. The number of Topliss-reactive ketones (excluding diaryl/α,β-unsaturated/α-hetero) is 2. The van der Waals surface area contributed by atoms with E-state index >= 15 is 0 Å². The van der Waals surface area contributed by atoms with Crippen LogP contribution in [0.25, 0.3) is 0 Å². The van der Waals surface area contributed by atoms with Crippen molar-refractivity contribution >= 4 is 11.6 Å². The lowest BCUT2D eigenvalue weighted by Crippen LogP contribution is -2.20. The molecule has 1 aliphatic carbocycles. The first-order chi connectivity index (χ1) is 12.9. The van der Waals surface area contributed by atoms with Crippen molar-refractivity contribution in [2.75, 3.05) is 0 Å². The molecule has 27 heavy (non-hydrogen) atoms. The van der Waals surface area contributed by atoms with Crippen LogP contribution in [0, 0.1) is 0 Å². The van der Waals surface area contributed by atoms with E-state index in [1.54, 1.807) is 13.8 Å². The van der Waals surface area contributed by atoms with Crippen LogP contribution in [0.4, 0.5) is 0 Å². The molecule has 0 heterocycles. The summed E-state index contributed by atoms with van der Waals surface area (Å²) >= 11 is 0. The minimum absolute atomic E-state index is 0.0583. The van der Waals surface area contributed by atoms with Gasteiger partial charge in [0.05, 0.1) is 0 Å². The summed E-state index contributed by atoms with van der Waals surface area (Å²) in [5, 5.41) is 0. The summed E-state index contributed by atoms with van der Waals surface area (Å²) in [6.07, 6.45) is 17.0. The van der Waals surface area contributed by atoms with Crippen LogP contribution in [-0.2, 0) is 9.59 Å². The van der Waals surface area contributed by atoms with E-state index in [1.165, 1.54) is 63.4 Å². The molecular weight excluding hydrogens is 332 g/mol. The largest absolute Gasteiger partial charge is 0.289 e. The Morgan fingerprint density at radius 2 is 1.11 bits per heavy atom. The van der Waals surface area contributed by atoms with Crippen molar-refractivity contribution in [3.63, 3.8) is 0 Å². The Morgan fingerprint density at radius 3 is 1.63 bits per heavy atom. The number of ketones is 2. The first-order valence-corrected chi connectivity index (χ1v) is 11.0. The molecule has 0 bridgehead atoms. The van der Waals surface area contributed by atoms with Crippen molar-refractivity contribution in [3.8, 4) is 0 Å². The number of hydrogen-bond acceptors (Lipinski definition) is 2. The molecule has 0 fully saturated rings. The van der Waals surface area contributed by atoms with Gasteiger partial charge in [-0.05, 0) is 60.3 Å². The summed E-state index contributed by atoms with van der Waals surface area (Å²) in [7, 11) is 0. The molecule has 1 rings (SSSR count). The zero-order valence-electron chi connectivity index (χ0n) is 18.4. The van der Waals surface area contributed by atoms with Gasteiger partial charge in [0, 0.05) is 22.3 Å². The minimum Gasteiger partial charge on any atom is -0.289 e. The highest BCUT2D eigenvalue weighted by Gasteiger charge is 2.26. The summed E-state index contributed by atoms with van der Waals surface area (Å²) in [5.41, 5.74) is 4.21. The monoisotopic (exact) mass is 372 g/mol. The molecule has 0 N–H and O–H groups in total. The zero-order chi connectivity index (χ0) is 20.2. The molecule has 0 aromatic rings. The van der Waals surface area contributed by atoms with Crippen LogP contribution < -0.4 is 0 Å². The normalized spacial score (nSPS) is 16.0. The molecule has 0 aromatic heterocycles. The number of carbonyl (C=O) groups excluding carboxylic acids is 2. The van der Waals surface area contributed by atoms with Crippen LogP contribution in [-0.4, -0.2) is 11.6 Å². The fourth-order valence-corrected chi connectivity index (χ4v) is 3.72. The van der Waals surface area contributed by atoms with Crippen LogP contribution >= 0.6 is 0 Å². The highest BCUT2D eigenvalue weighted by atomic mass is 16.1. The van der Waals surface area contributed by atoms with Crippen molar-refractivity contribution in [3.05, 3.63) is 33.9 Å². The van der Waals surface area contributed by atoms with E-state index in [0.29, 0.717) is 16.7 Å². The predicted molar refractivity (Wildman–Crippen MR) is 116 cm³/mol. The summed E-state index contributed by atoms with van der Waals surface area (Å²) < 4.78 is 0. The SMILES string of the molecule is C/C=C(\C)CCCCCCCCCCCCC1=C(C)C(=O)C(C)=C(C)C1=O. The van der Waals surface area contributed by atoms with Crippen LogP contribution in [0.3, 0.4) is 0 Å². The van der Waals surface area contributed by atoms with Crippen LogP contribution in [0.1, 0.15) is 112 Å². The van der Waals surface area contributed by atoms with Gasteiger partial charge in [-0.15, -0.1) is 0 Å². The molecule has 0 spiro atoms. The van der Waals surface area contributed by atoms with Gasteiger partial charge in [0.2, 0.25) is 0 Å². The molecule has 0 aromatic carbocycles. The Hall–Kier alpha value is -1.44. The summed E-state index contributed by atoms with van der Waals surface area (Å²) in [6, 6.07) is 0. The maximum absolute atomic E-state index is 12.4. The van der Waals surface area contributed by atoms with E-state index < -0.39 is 0 Å². The van der Waals surface area contributed by atoms with E-state index in [9.17, 15) is 9.59 Å². The molecule has 0 radical (unpaired) electrons. The lowest BCUT2D eigenvalue weighted by molar-refractivity contribution is -0.116.